The molecule has 0 aliphatic heterocycles. The van der Waals surface area contributed by atoms with Crippen LogP contribution in [-0.4, -0.2) is 9.55 Å². The van der Waals surface area contributed by atoms with Crippen LogP contribution in [0.3, 0.4) is 0 Å². The van der Waals surface area contributed by atoms with Gasteiger partial charge in [0.25, 0.3) is 0 Å². The Morgan fingerprint density at radius 1 is 0.696 bits per heavy atom. The molecule has 0 aliphatic rings. The van der Waals surface area contributed by atoms with Crippen molar-refractivity contribution in [3.63, 3.8) is 0 Å². The number of rotatable bonds is 15. The Labute approximate surface area is 145 Å². The summed E-state index contributed by atoms with van der Waals surface area (Å²) >= 11 is 0. The molecule has 0 aromatic carbocycles. The van der Waals surface area contributed by atoms with E-state index in [-0.39, 0.29) is 0 Å². The second-order valence-corrected chi connectivity index (χ2v) is 7.19. The molecule has 1 aromatic heterocycles. The number of unbranched alkanes of at least 4 members (excludes halogenated alkanes) is 13. The number of imidazole rings is 1. The first kappa shape index (κ1) is 20.3. The van der Waals surface area contributed by atoms with Crippen molar-refractivity contribution in [2.45, 2.75) is 117 Å². The molecule has 0 saturated carbocycles. The predicted molar refractivity (Wildman–Crippen MR) is 102 cm³/mol. The number of hydrogen-bond donors (Lipinski definition) is 0. The van der Waals surface area contributed by atoms with E-state index in [2.05, 4.69) is 30.3 Å². The summed E-state index contributed by atoms with van der Waals surface area (Å²) in [5.74, 6) is 1.16. The van der Waals surface area contributed by atoms with Gasteiger partial charge in [0, 0.05) is 18.4 Å². The highest BCUT2D eigenvalue weighted by Gasteiger charge is 2.01. The third-order valence-electron chi connectivity index (χ3n) is 4.99. The van der Waals surface area contributed by atoms with Crippen molar-refractivity contribution in [3.05, 3.63) is 17.7 Å². The molecule has 134 valence electrons. The van der Waals surface area contributed by atoms with E-state index in [1.807, 2.05) is 6.20 Å². The Morgan fingerprint density at radius 3 is 1.52 bits per heavy atom. The van der Waals surface area contributed by atoms with Gasteiger partial charge in [-0.25, -0.2) is 4.98 Å². The van der Waals surface area contributed by atoms with Crippen molar-refractivity contribution >= 4 is 0 Å². The summed E-state index contributed by atoms with van der Waals surface area (Å²) < 4.78 is 2.35. The number of nitrogens with zero attached hydrogens (tertiary/aromatic N) is 2. The molecule has 23 heavy (non-hydrogen) atoms. The maximum Gasteiger partial charge on any atom is 0.105 e. The minimum absolute atomic E-state index is 1.15. The van der Waals surface area contributed by atoms with E-state index < -0.39 is 0 Å². The molecule has 0 amide bonds. The average molecular weight is 321 g/mol. The van der Waals surface area contributed by atoms with E-state index >= 15 is 0 Å². The molecule has 0 N–H and O–H groups in total. The predicted octanol–water partition coefficient (Wildman–Crippen LogP) is 6.98. The molecular formula is C21H40N2. The Kier molecular flexibility index (Phi) is 12.0. The molecular weight excluding hydrogens is 280 g/mol. The first-order valence-electron chi connectivity index (χ1n) is 10.2. The van der Waals surface area contributed by atoms with Gasteiger partial charge in [-0.15, -0.1) is 0 Å². The van der Waals surface area contributed by atoms with Crippen LogP contribution in [0.15, 0.2) is 6.20 Å². The molecule has 0 aliphatic carbocycles. The molecule has 0 bridgehead atoms. The zero-order valence-electron chi connectivity index (χ0n) is 16.1. The molecule has 1 aromatic rings. The third-order valence-corrected chi connectivity index (χ3v) is 4.99. The van der Waals surface area contributed by atoms with E-state index in [0.29, 0.717) is 0 Å². The summed E-state index contributed by atoms with van der Waals surface area (Å²) in [6, 6.07) is 0. The minimum atomic E-state index is 1.15. The van der Waals surface area contributed by atoms with Crippen molar-refractivity contribution in [1.82, 2.24) is 9.55 Å². The van der Waals surface area contributed by atoms with Gasteiger partial charge in [0.2, 0.25) is 0 Å². The minimum Gasteiger partial charge on any atom is -0.333 e. The second-order valence-electron chi connectivity index (χ2n) is 7.19. The quantitative estimate of drug-likeness (QED) is 0.319. The molecule has 0 saturated heterocycles. The lowest BCUT2D eigenvalue weighted by Crippen LogP contribution is -2.02. The SMILES string of the molecule is CCCCCCCCCCCCCCCCn1c(C)cnc1C. The van der Waals surface area contributed by atoms with Crippen LogP contribution >= 0.6 is 0 Å². The zero-order chi connectivity index (χ0) is 16.8. The van der Waals surface area contributed by atoms with Gasteiger partial charge < -0.3 is 4.57 Å². The standard InChI is InChI=1S/C21H40N2/c1-4-5-6-7-8-9-10-11-12-13-14-15-16-17-18-23-20(2)19-22-21(23)3/h19H,4-18H2,1-3H3. The van der Waals surface area contributed by atoms with Crippen LogP contribution in [0.25, 0.3) is 0 Å². The van der Waals surface area contributed by atoms with Gasteiger partial charge in [-0.05, 0) is 20.3 Å². The van der Waals surface area contributed by atoms with Gasteiger partial charge in [0.05, 0.1) is 0 Å². The fourth-order valence-electron chi connectivity index (χ4n) is 3.38. The lowest BCUT2D eigenvalue weighted by molar-refractivity contribution is 0.520. The first-order chi connectivity index (χ1) is 11.3. The maximum atomic E-state index is 4.36. The van der Waals surface area contributed by atoms with Crippen LogP contribution in [0.5, 0.6) is 0 Å². The third kappa shape index (κ3) is 9.84. The lowest BCUT2D eigenvalue weighted by Gasteiger charge is -2.07. The van der Waals surface area contributed by atoms with Crippen molar-refractivity contribution in [2.75, 3.05) is 0 Å². The summed E-state index contributed by atoms with van der Waals surface area (Å²) in [7, 11) is 0. The van der Waals surface area contributed by atoms with Crippen molar-refractivity contribution in [2.24, 2.45) is 0 Å². The van der Waals surface area contributed by atoms with Crippen LogP contribution in [0.4, 0.5) is 0 Å². The van der Waals surface area contributed by atoms with Crippen molar-refractivity contribution in [1.29, 1.82) is 0 Å². The van der Waals surface area contributed by atoms with Gasteiger partial charge >= 0.3 is 0 Å². The van der Waals surface area contributed by atoms with Crippen molar-refractivity contribution in [3.8, 4) is 0 Å². The number of aryl methyl sites for hydroxylation is 2. The highest BCUT2D eigenvalue weighted by atomic mass is 15.1. The Balaban J connectivity index is 1.80. The van der Waals surface area contributed by atoms with Crippen LogP contribution < -0.4 is 0 Å². The molecule has 2 nitrogen and oxygen atoms in total. The Hall–Kier alpha value is -0.790. The normalized spacial score (nSPS) is 11.3. The fraction of sp³-hybridized carbons (Fsp3) is 0.857. The van der Waals surface area contributed by atoms with Crippen LogP contribution in [-0.2, 0) is 6.54 Å². The average Bonchev–Trinajstić information content (AvgIpc) is 2.86. The van der Waals surface area contributed by atoms with Gasteiger partial charge in [-0.1, -0.05) is 90.4 Å². The molecule has 0 fully saturated rings. The van der Waals surface area contributed by atoms with E-state index in [0.717, 1.165) is 12.4 Å². The maximum absolute atomic E-state index is 4.36. The summed E-state index contributed by atoms with van der Waals surface area (Å²) in [6.07, 6.45) is 22.0. The fourth-order valence-corrected chi connectivity index (χ4v) is 3.38. The van der Waals surface area contributed by atoms with Gasteiger partial charge in [0.15, 0.2) is 0 Å². The van der Waals surface area contributed by atoms with Gasteiger partial charge in [-0.2, -0.15) is 0 Å². The number of hydrogen-bond acceptors (Lipinski definition) is 1. The number of aromatic nitrogens is 2. The highest BCUT2D eigenvalue weighted by Crippen LogP contribution is 2.13. The van der Waals surface area contributed by atoms with Crippen molar-refractivity contribution < 1.29 is 0 Å². The van der Waals surface area contributed by atoms with E-state index in [1.54, 1.807) is 0 Å². The first-order valence-corrected chi connectivity index (χ1v) is 10.2. The summed E-state index contributed by atoms with van der Waals surface area (Å²) in [5, 5.41) is 0. The van der Waals surface area contributed by atoms with Crippen LogP contribution in [0.1, 0.15) is 108 Å². The Bertz CT molecular complexity index is 362. The highest BCUT2D eigenvalue weighted by molar-refractivity contribution is 5.01. The molecule has 1 rings (SSSR count). The molecule has 0 radical (unpaired) electrons. The molecule has 0 spiro atoms. The van der Waals surface area contributed by atoms with E-state index in [1.165, 1.54) is 95.6 Å². The monoisotopic (exact) mass is 320 g/mol. The van der Waals surface area contributed by atoms with Crippen LogP contribution in [0, 0.1) is 13.8 Å². The summed E-state index contributed by atoms with van der Waals surface area (Å²) in [4.78, 5) is 4.36. The largest absolute Gasteiger partial charge is 0.333 e. The lowest BCUT2D eigenvalue weighted by atomic mass is 10.0. The molecule has 1 heterocycles. The topological polar surface area (TPSA) is 17.8 Å². The molecule has 2 heteroatoms. The molecule has 0 atom stereocenters. The van der Waals surface area contributed by atoms with Gasteiger partial charge in [-0.3, -0.25) is 0 Å². The summed E-state index contributed by atoms with van der Waals surface area (Å²) in [6.45, 7) is 7.70. The summed E-state index contributed by atoms with van der Waals surface area (Å²) in [5.41, 5.74) is 1.30. The van der Waals surface area contributed by atoms with Gasteiger partial charge in [0.1, 0.15) is 5.82 Å². The smallest absolute Gasteiger partial charge is 0.105 e. The Morgan fingerprint density at radius 2 is 1.13 bits per heavy atom. The zero-order valence-corrected chi connectivity index (χ0v) is 16.1. The second kappa shape index (κ2) is 13.6. The van der Waals surface area contributed by atoms with Crippen LogP contribution in [0.2, 0.25) is 0 Å². The molecule has 0 unspecified atom stereocenters. The van der Waals surface area contributed by atoms with E-state index in [4.69, 9.17) is 0 Å². The van der Waals surface area contributed by atoms with E-state index in [9.17, 15) is 0 Å².